The van der Waals surface area contributed by atoms with Crippen molar-refractivity contribution in [2.75, 3.05) is 34.4 Å². The lowest BCUT2D eigenvalue weighted by Gasteiger charge is -2.27. The zero-order valence-corrected chi connectivity index (χ0v) is 17.2. The zero-order valence-electron chi connectivity index (χ0n) is 16.4. The molecule has 1 amide bonds. The number of amides is 1. The Hall–Kier alpha value is -2.47. The predicted octanol–water partition coefficient (Wildman–Crippen LogP) is 4.32. The van der Waals surface area contributed by atoms with Crippen LogP contribution in [0.3, 0.4) is 0 Å². The molecule has 0 atom stereocenters. The van der Waals surface area contributed by atoms with Crippen molar-refractivity contribution in [1.29, 1.82) is 0 Å². The number of carbonyl (C=O) groups is 1. The Kier molecular flexibility index (Phi) is 5.75. The molecule has 2 aromatic rings. The molecule has 1 aliphatic heterocycles. The van der Waals surface area contributed by atoms with Crippen LogP contribution in [0.1, 0.15) is 32.1 Å². The summed E-state index contributed by atoms with van der Waals surface area (Å²) < 4.78 is 16.4. The maximum atomic E-state index is 12.8. The number of benzene rings is 1. The summed E-state index contributed by atoms with van der Waals surface area (Å²) in [6.45, 7) is 5.33. The highest BCUT2D eigenvalue weighted by atomic mass is 32.1. The lowest BCUT2D eigenvalue weighted by molar-refractivity contribution is 0.0777. The summed E-state index contributed by atoms with van der Waals surface area (Å²) in [6, 6.07) is 5.69. The molecule has 0 bridgehead atoms. The number of aryl methyl sites for hydroxylation is 2. The molecule has 0 radical (unpaired) electrons. The molecule has 0 fully saturated rings. The molecule has 3 rings (SSSR count). The van der Waals surface area contributed by atoms with Gasteiger partial charge < -0.3 is 19.1 Å². The average Bonchev–Trinajstić information content (AvgIpc) is 3.04. The minimum absolute atomic E-state index is 0.0974. The quantitative estimate of drug-likeness (QED) is 0.767. The van der Waals surface area contributed by atoms with E-state index in [9.17, 15) is 4.79 Å². The van der Waals surface area contributed by atoms with Crippen molar-refractivity contribution in [3.05, 3.63) is 45.2 Å². The van der Waals surface area contributed by atoms with E-state index < -0.39 is 0 Å². The number of nitrogens with zero attached hydrogens (tertiary/aromatic N) is 1. The Morgan fingerprint density at radius 2 is 1.70 bits per heavy atom. The number of thiophene rings is 1. The number of methoxy groups -OCH3 is 3. The Morgan fingerprint density at radius 3 is 2.15 bits per heavy atom. The first-order valence-electron chi connectivity index (χ1n) is 8.84. The summed E-state index contributed by atoms with van der Waals surface area (Å²) in [6.07, 6.45) is 2.83. The van der Waals surface area contributed by atoms with Crippen LogP contribution in [0, 0.1) is 13.8 Å². The lowest BCUT2D eigenvalue weighted by Crippen LogP contribution is -2.34. The molecule has 6 heteroatoms. The SMILES string of the molecule is COc1cc(OC)c(C2=CCN(C(=O)c3cc(C)c(C)s3)CC2)c(OC)c1. The van der Waals surface area contributed by atoms with Crippen LogP contribution in [-0.2, 0) is 0 Å². The topological polar surface area (TPSA) is 48.0 Å². The lowest BCUT2D eigenvalue weighted by atomic mass is 9.97. The molecule has 0 saturated carbocycles. The first-order chi connectivity index (χ1) is 13.0. The molecule has 0 aliphatic carbocycles. The number of ether oxygens (including phenoxy) is 3. The van der Waals surface area contributed by atoms with E-state index >= 15 is 0 Å². The van der Waals surface area contributed by atoms with Crippen molar-refractivity contribution in [3.8, 4) is 17.2 Å². The molecular weight excluding hydrogens is 362 g/mol. The van der Waals surface area contributed by atoms with Gasteiger partial charge in [0.15, 0.2) is 0 Å². The van der Waals surface area contributed by atoms with E-state index in [0.29, 0.717) is 30.3 Å². The second-order valence-corrected chi connectivity index (χ2v) is 7.74. The number of carbonyl (C=O) groups excluding carboxylic acids is 1. The summed E-state index contributed by atoms with van der Waals surface area (Å²) >= 11 is 1.56. The highest BCUT2D eigenvalue weighted by molar-refractivity contribution is 7.14. The third-order valence-corrected chi connectivity index (χ3v) is 6.05. The molecule has 0 unspecified atom stereocenters. The monoisotopic (exact) mass is 387 g/mol. The maximum absolute atomic E-state index is 12.8. The molecular formula is C21H25NO4S. The average molecular weight is 388 g/mol. The summed E-state index contributed by atoms with van der Waals surface area (Å²) in [5.74, 6) is 2.20. The summed E-state index contributed by atoms with van der Waals surface area (Å²) in [5, 5.41) is 0. The van der Waals surface area contributed by atoms with Crippen molar-refractivity contribution in [3.63, 3.8) is 0 Å². The van der Waals surface area contributed by atoms with Gasteiger partial charge in [0.1, 0.15) is 17.2 Å². The van der Waals surface area contributed by atoms with Gasteiger partial charge >= 0.3 is 0 Å². The van der Waals surface area contributed by atoms with E-state index in [-0.39, 0.29) is 5.91 Å². The highest BCUT2D eigenvalue weighted by Gasteiger charge is 2.24. The Morgan fingerprint density at radius 1 is 1.04 bits per heavy atom. The van der Waals surface area contributed by atoms with Gasteiger partial charge in [0.25, 0.3) is 5.91 Å². The molecule has 0 spiro atoms. The van der Waals surface area contributed by atoms with E-state index in [4.69, 9.17) is 14.2 Å². The Balaban J connectivity index is 1.86. The van der Waals surface area contributed by atoms with Crippen LogP contribution in [0.4, 0.5) is 0 Å². The van der Waals surface area contributed by atoms with E-state index in [2.05, 4.69) is 6.08 Å². The van der Waals surface area contributed by atoms with Gasteiger partial charge in [-0.3, -0.25) is 4.79 Å². The summed E-state index contributed by atoms with van der Waals surface area (Å²) in [4.78, 5) is 16.7. The van der Waals surface area contributed by atoms with Gasteiger partial charge in [-0.15, -0.1) is 11.3 Å². The predicted molar refractivity (Wildman–Crippen MR) is 108 cm³/mol. The number of hydrogen-bond donors (Lipinski definition) is 0. The number of rotatable bonds is 5. The largest absolute Gasteiger partial charge is 0.496 e. The molecule has 0 N–H and O–H groups in total. The van der Waals surface area contributed by atoms with Crippen LogP contribution in [-0.4, -0.2) is 45.2 Å². The fourth-order valence-corrected chi connectivity index (χ4v) is 4.24. The van der Waals surface area contributed by atoms with E-state index in [0.717, 1.165) is 22.4 Å². The Bertz CT molecular complexity index is 840. The standard InChI is InChI=1S/C21H25NO4S/c1-13-10-19(27-14(13)2)21(23)22-8-6-15(7-9-22)20-17(25-4)11-16(24-3)12-18(20)26-5/h6,10-12H,7-9H2,1-5H3. The molecule has 1 aromatic carbocycles. The third kappa shape index (κ3) is 3.81. The van der Waals surface area contributed by atoms with Crippen LogP contribution in [0.2, 0.25) is 0 Å². The van der Waals surface area contributed by atoms with E-state index in [1.54, 1.807) is 32.7 Å². The van der Waals surface area contributed by atoms with Gasteiger partial charge in [-0.2, -0.15) is 0 Å². The molecule has 1 aromatic heterocycles. The maximum Gasteiger partial charge on any atom is 0.264 e. The van der Waals surface area contributed by atoms with Crippen molar-refractivity contribution >= 4 is 22.8 Å². The zero-order chi connectivity index (χ0) is 19.6. The first kappa shape index (κ1) is 19.3. The van der Waals surface area contributed by atoms with Gasteiger partial charge in [0.2, 0.25) is 0 Å². The van der Waals surface area contributed by atoms with E-state index in [1.807, 2.05) is 36.9 Å². The normalized spacial score (nSPS) is 14.0. The van der Waals surface area contributed by atoms with Gasteiger partial charge in [0, 0.05) is 30.1 Å². The molecule has 5 nitrogen and oxygen atoms in total. The van der Waals surface area contributed by atoms with Crippen LogP contribution < -0.4 is 14.2 Å². The smallest absolute Gasteiger partial charge is 0.264 e. The van der Waals surface area contributed by atoms with Crippen molar-refractivity contribution in [1.82, 2.24) is 4.90 Å². The summed E-state index contributed by atoms with van der Waals surface area (Å²) in [7, 11) is 4.89. The minimum atomic E-state index is 0.0974. The van der Waals surface area contributed by atoms with Crippen molar-refractivity contribution in [2.45, 2.75) is 20.3 Å². The van der Waals surface area contributed by atoms with Gasteiger partial charge in [-0.1, -0.05) is 6.08 Å². The van der Waals surface area contributed by atoms with Gasteiger partial charge in [-0.25, -0.2) is 0 Å². The molecule has 1 aliphatic rings. The van der Waals surface area contributed by atoms with Crippen LogP contribution in [0.5, 0.6) is 17.2 Å². The fourth-order valence-electron chi connectivity index (χ4n) is 3.24. The molecule has 144 valence electrons. The van der Waals surface area contributed by atoms with Gasteiger partial charge in [0.05, 0.1) is 31.8 Å². The van der Waals surface area contributed by atoms with Gasteiger partial charge in [-0.05, 0) is 37.5 Å². The summed E-state index contributed by atoms with van der Waals surface area (Å²) in [5.41, 5.74) is 3.22. The second kappa shape index (κ2) is 8.05. The molecule has 0 saturated heterocycles. The fraction of sp³-hybridized carbons (Fsp3) is 0.381. The van der Waals surface area contributed by atoms with Crippen LogP contribution >= 0.6 is 11.3 Å². The second-order valence-electron chi connectivity index (χ2n) is 6.49. The highest BCUT2D eigenvalue weighted by Crippen LogP contribution is 2.41. The minimum Gasteiger partial charge on any atom is -0.496 e. The molecule has 2 heterocycles. The van der Waals surface area contributed by atoms with Crippen molar-refractivity contribution in [2.24, 2.45) is 0 Å². The molecule has 27 heavy (non-hydrogen) atoms. The van der Waals surface area contributed by atoms with Crippen molar-refractivity contribution < 1.29 is 19.0 Å². The van der Waals surface area contributed by atoms with E-state index in [1.165, 1.54) is 10.4 Å². The van der Waals surface area contributed by atoms with Crippen LogP contribution in [0.25, 0.3) is 5.57 Å². The Labute approximate surface area is 164 Å². The van der Waals surface area contributed by atoms with Crippen LogP contribution in [0.15, 0.2) is 24.3 Å². The first-order valence-corrected chi connectivity index (χ1v) is 9.65. The number of hydrogen-bond acceptors (Lipinski definition) is 5. The third-order valence-electron chi connectivity index (χ3n) is 4.91.